The Morgan fingerprint density at radius 2 is 2.19 bits per heavy atom. The maximum atomic E-state index is 14.2. The maximum absolute atomic E-state index is 14.2. The molecule has 21 heavy (non-hydrogen) atoms. The second-order valence-electron chi connectivity index (χ2n) is 4.96. The van der Waals surface area contributed by atoms with Gasteiger partial charge in [-0.15, -0.1) is 5.10 Å². The van der Waals surface area contributed by atoms with Crippen LogP contribution in [0, 0.1) is 11.7 Å². The summed E-state index contributed by atoms with van der Waals surface area (Å²) >= 11 is 3.12. The van der Waals surface area contributed by atoms with Crippen molar-refractivity contribution in [3.05, 3.63) is 28.5 Å². The second-order valence-corrected chi connectivity index (χ2v) is 5.81. The number of hydrogen-bond acceptors (Lipinski definition) is 4. The van der Waals surface area contributed by atoms with Crippen molar-refractivity contribution in [1.82, 2.24) is 20.2 Å². The molecule has 0 aliphatic rings. The minimum Gasteiger partial charge on any atom is -0.481 e. The van der Waals surface area contributed by atoms with Crippen molar-refractivity contribution in [3.63, 3.8) is 0 Å². The lowest BCUT2D eigenvalue weighted by molar-refractivity contribution is -0.138. The van der Waals surface area contributed by atoms with Gasteiger partial charge in [0.15, 0.2) is 5.82 Å². The van der Waals surface area contributed by atoms with Gasteiger partial charge in [-0.25, -0.2) is 9.07 Å². The van der Waals surface area contributed by atoms with Crippen LogP contribution in [-0.4, -0.2) is 31.3 Å². The van der Waals surface area contributed by atoms with Gasteiger partial charge in [-0.1, -0.05) is 19.9 Å². The molecule has 0 aliphatic carbocycles. The van der Waals surface area contributed by atoms with E-state index in [-0.39, 0.29) is 23.7 Å². The lowest BCUT2D eigenvalue weighted by Crippen LogP contribution is -2.21. The van der Waals surface area contributed by atoms with E-state index in [1.807, 2.05) is 13.8 Å². The molecule has 1 aromatic heterocycles. The minimum absolute atomic E-state index is 0.0152. The molecule has 1 unspecified atom stereocenters. The van der Waals surface area contributed by atoms with Crippen molar-refractivity contribution in [2.24, 2.45) is 5.92 Å². The van der Waals surface area contributed by atoms with E-state index < -0.39 is 17.8 Å². The normalized spacial score (nSPS) is 12.6. The monoisotopic (exact) mass is 356 g/mol. The molecule has 0 saturated heterocycles. The first-order chi connectivity index (χ1) is 9.91. The molecule has 0 aliphatic heterocycles. The van der Waals surface area contributed by atoms with Gasteiger partial charge >= 0.3 is 5.97 Å². The van der Waals surface area contributed by atoms with Gasteiger partial charge in [0.25, 0.3) is 0 Å². The number of carboxylic acids is 1. The molecule has 1 heterocycles. The van der Waals surface area contributed by atoms with Gasteiger partial charge in [0.2, 0.25) is 0 Å². The van der Waals surface area contributed by atoms with Gasteiger partial charge in [0, 0.05) is 0 Å². The molecule has 0 bridgehead atoms. The summed E-state index contributed by atoms with van der Waals surface area (Å²) in [5.41, 5.74) is 0.227. The van der Waals surface area contributed by atoms with Crippen LogP contribution in [0.2, 0.25) is 0 Å². The van der Waals surface area contributed by atoms with E-state index in [2.05, 4.69) is 31.5 Å². The van der Waals surface area contributed by atoms with Crippen LogP contribution < -0.4 is 0 Å². The number of hydrogen-bond donors (Lipinski definition) is 1. The predicted octanol–water partition coefficient (Wildman–Crippen LogP) is 2.91. The highest BCUT2D eigenvalue weighted by Gasteiger charge is 2.25. The Morgan fingerprint density at radius 1 is 1.48 bits per heavy atom. The first-order valence-electron chi connectivity index (χ1n) is 6.35. The zero-order valence-electron chi connectivity index (χ0n) is 11.5. The third kappa shape index (κ3) is 3.26. The van der Waals surface area contributed by atoms with Crippen molar-refractivity contribution < 1.29 is 14.3 Å². The van der Waals surface area contributed by atoms with Crippen LogP contribution in [0.4, 0.5) is 4.39 Å². The van der Waals surface area contributed by atoms with E-state index in [1.165, 1.54) is 4.68 Å². The highest BCUT2D eigenvalue weighted by atomic mass is 79.9. The van der Waals surface area contributed by atoms with E-state index in [4.69, 9.17) is 5.11 Å². The number of aromatic nitrogens is 4. The maximum Gasteiger partial charge on any atom is 0.305 e. The van der Waals surface area contributed by atoms with Gasteiger partial charge in [-0.2, -0.15) is 0 Å². The van der Waals surface area contributed by atoms with Crippen molar-refractivity contribution >= 4 is 21.9 Å². The van der Waals surface area contributed by atoms with Crippen molar-refractivity contribution in [1.29, 1.82) is 0 Å². The molecule has 0 spiro atoms. The summed E-state index contributed by atoms with van der Waals surface area (Å²) < 4.78 is 15.9. The van der Waals surface area contributed by atoms with Gasteiger partial charge in [0.05, 0.1) is 22.5 Å². The van der Waals surface area contributed by atoms with Crippen LogP contribution in [0.3, 0.4) is 0 Å². The number of rotatable bonds is 5. The smallest absolute Gasteiger partial charge is 0.305 e. The summed E-state index contributed by atoms with van der Waals surface area (Å²) in [6, 6.07) is 4.35. The van der Waals surface area contributed by atoms with Gasteiger partial charge < -0.3 is 5.11 Å². The molecule has 6 nitrogen and oxygen atoms in total. The number of nitrogens with zero attached hydrogens (tertiary/aromatic N) is 4. The Morgan fingerprint density at radius 3 is 2.81 bits per heavy atom. The summed E-state index contributed by atoms with van der Waals surface area (Å²) in [6.07, 6.45) is -0.134. The van der Waals surface area contributed by atoms with Gasteiger partial charge in [-0.3, -0.25) is 4.79 Å². The summed E-state index contributed by atoms with van der Waals surface area (Å²) in [4.78, 5) is 11.0. The summed E-state index contributed by atoms with van der Waals surface area (Å²) in [5.74, 6) is -1.23. The predicted molar refractivity (Wildman–Crippen MR) is 77.0 cm³/mol. The molecule has 1 atom stereocenters. The standard InChI is InChI=1S/C13H14BrFN4O2/c1-7(2)10(6-11(20)21)19-13(16-17-18-19)8-4-3-5-9(14)12(8)15/h3-5,7,10H,6H2,1-2H3,(H,20,21). The Kier molecular flexibility index (Phi) is 4.66. The number of halogens is 2. The number of carbonyl (C=O) groups is 1. The fraction of sp³-hybridized carbons (Fsp3) is 0.385. The van der Waals surface area contributed by atoms with Crippen LogP contribution in [0.1, 0.15) is 26.3 Å². The number of aliphatic carboxylic acids is 1. The van der Waals surface area contributed by atoms with Gasteiger partial charge in [-0.05, 0) is 44.4 Å². The zero-order valence-corrected chi connectivity index (χ0v) is 13.1. The van der Waals surface area contributed by atoms with E-state index in [1.54, 1.807) is 18.2 Å². The lowest BCUT2D eigenvalue weighted by Gasteiger charge is -2.20. The quantitative estimate of drug-likeness (QED) is 0.890. The molecular formula is C13H14BrFN4O2. The summed E-state index contributed by atoms with van der Waals surface area (Å²) in [7, 11) is 0. The molecule has 2 aromatic rings. The van der Waals surface area contributed by atoms with Crippen LogP contribution in [0.25, 0.3) is 11.4 Å². The third-order valence-corrected chi connectivity index (χ3v) is 3.77. The number of carboxylic acid groups (broad SMARTS) is 1. The zero-order chi connectivity index (χ0) is 15.6. The molecule has 0 fully saturated rings. The molecule has 0 saturated carbocycles. The molecule has 0 radical (unpaired) electrons. The van der Waals surface area contributed by atoms with Crippen LogP contribution >= 0.6 is 15.9 Å². The number of tetrazole rings is 1. The fourth-order valence-corrected chi connectivity index (χ4v) is 2.42. The lowest BCUT2D eigenvalue weighted by atomic mass is 10.0. The molecule has 2 rings (SSSR count). The third-order valence-electron chi connectivity index (χ3n) is 3.15. The van der Waals surface area contributed by atoms with E-state index in [0.717, 1.165) is 0 Å². The fourth-order valence-electron chi connectivity index (χ4n) is 2.05. The molecule has 1 aromatic carbocycles. The average molecular weight is 357 g/mol. The van der Waals surface area contributed by atoms with Crippen LogP contribution in [0.5, 0.6) is 0 Å². The highest BCUT2D eigenvalue weighted by molar-refractivity contribution is 9.10. The largest absolute Gasteiger partial charge is 0.481 e. The average Bonchev–Trinajstić information content (AvgIpc) is 2.87. The Bertz CT molecular complexity index is 659. The van der Waals surface area contributed by atoms with Crippen molar-refractivity contribution in [2.45, 2.75) is 26.3 Å². The molecule has 112 valence electrons. The van der Waals surface area contributed by atoms with Crippen molar-refractivity contribution in [2.75, 3.05) is 0 Å². The molecule has 1 N–H and O–H groups in total. The first-order valence-corrected chi connectivity index (χ1v) is 7.15. The van der Waals surface area contributed by atoms with Crippen LogP contribution in [-0.2, 0) is 4.79 Å². The van der Waals surface area contributed by atoms with E-state index in [0.29, 0.717) is 4.47 Å². The summed E-state index contributed by atoms with van der Waals surface area (Å²) in [5, 5.41) is 20.3. The summed E-state index contributed by atoms with van der Waals surface area (Å²) in [6.45, 7) is 3.74. The highest BCUT2D eigenvalue weighted by Crippen LogP contribution is 2.30. The number of benzene rings is 1. The molecular weight excluding hydrogens is 343 g/mol. The molecule has 8 heteroatoms. The van der Waals surface area contributed by atoms with E-state index in [9.17, 15) is 9.18 Å². The van der Waals surface area contributed by atoms with Crippen LogP contribution in [0.15, 0.2) is 22.7 Å². The Hall–Kier alpha value is -1.83. The van der Waals surface area contributed by atoms with Gasteiger partial charge in [0.1, 0.15) is 5.82 Å². The Labute approximate surface area is 129 Å². The molecule has 0 amide bonds. The SMILES string of the molecule is CC(C)C(CC(=O)O)n1nnnc1-c1cccc(Br)c1F. The Balaban J connectivity index is 2.51. The van der Waals surface area contributed by atoms with Crippen molar-refractivity contribution in [3.8, 4) is 11.4 Å². The minimum atomic E-state index is -0.954. The first kappa shape index (κ1) is 15.6. The van der Waals surface area contributed by atoms with E-state index >= 15 is 0 Å². The topological polar surface area (TPSA) is 80.9 Å². The second kappa shape index (κ2) is 6.30.